The van der Waals surface area contributed by atoms with Crippen LogP contribution in [0.5, 0.6) is 5.88 Å². The number of nitrogens with zero attached hydrogens (tertiary/aromatic N) is 3. The molecule has 2 saturated heterocycles. The molecule has 0 spiro atoms. The van der Waals surface area contributed by atoms with Gasteiger partial charge in [0.1, 0.15) is 6.10 Å². The standard InChI is InChI=1S/C10H14FN3OS2/c11-2-4-16-10-9(12-17-13-10)15-8-6-14-3-1-7(8)5-14/h7-8H,1-6H2. The van der Waals surface area contributed by atoms with Gasteiger partial charge in [0.25, 0.3) is 5.88 Å². The second kappa shape index (κ2) is 5.07. The summed E-state index contributed by atoms with van der Waals surface area (Å²) in [7, 11) is 0. The molecule has 1 aromatic rings. The van der Waals surface area contributed by atoms with Gasteiger partial charge in [-0.1, -0.05) is 11.8 Å². The third-order valence-corrected chi connectivity index (χ3v) is 4.81. The minimum Gasteiger partial charge on any atom is -0.470 e. The van der Waals surface area contributed by atoms with Crippen LogP contribution in [0.4, 0.5) is 4.39 Å². The Kier molecular flexibility index (Phi) is 3.49. The zero-order chi connectivity index (χ0) is 11.7. The fourth-order valence-electron chi connectivity index (χ4n) is 2.48. The van der Waals surface area contributed by atoms with Crippen molar-refractivity contribution >= 4 is 23.5 Å². The molecule has 1 aromatic heterocycles. The van der Waals surface area contributed by atoms with Gasteiger partial charge >= 0.3 is 0 Å². The summed E-state index contributed by atoms with van der Waals surface area (Å²) in [4.78, 5) is 2.42. The van der Waals surface area contributed by atoms with E-state index in [0.29, 0.717) is 17.6 Å². The molecule has 17 heavy (non-hydrogen) atoms. The maximum atomic E-state index is 12.1. The highest BCUT2D eigenvalue weighted by atomic mass is 32.2. The summed E-state index contributed by atoms with van der Waals surface area (Å²) in [5.74, 6) is 1.66. The number of piperidine rings is 1. The molecular weight excluding hydrogens is 261 g/mol. The Morgan fingerprint density at radius 2 is 2.41 bits per heavy atom. The summed E-state index contributed by atoms with van der Waals surface area (Å²) in [6.07, 6.45) is 1.47. The van der Waals surface area contributed by atoms with Gasteiger partial charge in [-0.2, -0.15) is 4.37 Å². The van der Waals surface area contributed by atoms with Crippen molar-refractivity contribution < 1.29 is 9.13 Å². The molecule has 94 valence electrons. The van der Waals surface area contributed by atoms with Crippen molar-refractivity contribution in [3.05, 3.63) is 0 Å². The summed E-state index contributed by atoms with van der Waals surface area (Å²) in [5, 5.41) is 0.741. The average molecular weight is 275 g/mol. The first kappa shape index (κ1) is 11.7. The van der Waals surface area contributed by atoms with Crippen molar-refractivity contribution in [2.45, 2.75) is 17.6 Å². The van der Waals surface area contributed by atoms with Crippen molar-refractivity contribution in [3.8, 4) is 5.88 Å². The highest BCUT2D eigenvalue weighted by Gasteiger charge is 2.40. The second-order valence-corrected chi connectivity index (χ2v) is 5.99. The first-order chi connectivity index (χ1) is 8.36. The van der Waals surface area contributed by atoms with E-state index < -0.39 is 0 Å². The Balaban J connectivity index is 1.63. The predicted octanol–water partition coefficient (Wildman–Crippen LogP) is 1.68. The summed E-state index contributed by atoms with van der Waals surface area (Å²) < 4.78 is 26.4. The number of thioether (sulfide) groups is 1. The normalized spacial score (nSPS) is 31.0. The van der Waals surface area contributed by atoms with Crippen molar-refractivity contribution in [3.63, 3.8) is 0 Å². The molecule has 0 aliphatic carbocycles. The van der Waals surface area contributed by atoms with Gasteiger partial charge in [0.15, 0.2) is 5.03 Å². The molecule has 2 aliphatic heterocycles. The van der Waals surface area contributed by atoms with Crippen LogP contribution < -0.4 is 4.74 Å². The van der Waals surface area contributed by atoms with Crippen LogP contribution in [0.1, 0.15) is 6.42 Å². The van der Waals surface area contributed by atoms with E-state index in [0.717, 1.165) is 29.8 Å². The van der Waals surface area contributed by atoms with Crippen LogP contribution in [-0.2, 0) is 0 Å². The van der Waals surface area contributed by atoms with Crippen LogP contribution in [0.15, 0.2) is 5.03 Å². The van der Waals surface area contributed by atoms with Crippen molar-refractivity contribution in [1.82, 2.24) is 13.6 Å². The molecule has 4 nitrogen and oxygen atoms in total. The molecule has 7 heteroatoms. The number of aromatic nitrogens is 2. The lowest BCUT2D eigenvalue weighted by molar-refractivity contribution is 0.133. The molecule has 3 atom stereocenters. The van der Waals surface area contributed by atoms with E-state index in [2.05, 4.69) is 13.6 Å². The van der Waals surface area contributed by atoms with E-state index in [9.17, 15) is 4.39 Å². The van der Waals surface area contributed by atoms with Crippen LogP contribution >= 0.6 is 23.5 Å². The van der Waals surface area contributed by atoms with Gasteiger partial charge in [-0.25, -0.2) is 0 Å². The first-order valence-electron chi connectivity index (χ1n) is 5.77. The van der Waals surface area contributed by atoms with E-state index in [1.54, 1.807) is 0 Å². The van der Waals surface area contributed by atoms with Crippen LogP contribution in [0.3, 0.4) is 0 Å². The third-order valence-electron chi connectivity index (χ3n) is 3.28. The Hall–Kier alpha value is -0.400. The second-order valence-electron chi connectivity index (χ2n) is 4.38. The van der Waals surface area contributed by atoms with Crippen molar-refractivity contribution in [2.75, 3.05) is 32.1 Å². The minimum atomic E-state index is -0.346. The molecule has 0 N–H and O–H groups in total. The fraction of sp³-hybridized carbons (Fsp3) is 0.800. The lowest BCUT2D eigenvalue weighted by Gasteiger charge is -2.22. The third kappa shape index (κ3) is 2.41. The number of hydrogen-bond donors (Lipinski definition) is 0. The monoisotopic (exact) mass is 275 g/mol. The van der Waals surface area contributed by atoms with E-state index >= 15 is 0 Å². The number of ether oxygens (including phenoxy) is 1. The Labute approximate surface area is 108 Å². The van der Waals surface area contributed by atoms with Gasteiger partial charge in [-0.3, -0.25) is 9.29 Å². The van der Waals surface area contributed by atoms with Crippen molar-refractivity contribution in [1.29, 1.82) is 0 Å². The predicted molar refractivity (Wildman–Crippen MR) is 65.6 cm³/mol. The Bertz CT molecular complexity index is 389. The van der Waals surface area contributed by atoms with Crippen LogP contribution in [0, 0.1) is 5.92 Å². The van der Waals surface area contributed by atoms with Crippen LogP contribution in [0.25, 0.3) is 0 Å². The smallest absolute Gasteiger partial charge is 0.260 e. The quantitative estimate of drug-likeness (QED) is 0.765. The van der Waals surface area contributed by atoms with Gasteiger partial charge in [0, 0.05) is 24.8 Å². The van der Waals surface area contributed by atoms with Gasteiger partial charge in [-0.05, 0) is 13.0 Å². The number of hydrogen-bond acceptors (Lipinski definition) is 6. The van der Waals surface area contributed by atoms with Crippen molar-refractivity contribution in [2.24, 2.45) is 5.92 Å². The Morgan fingerprint density at radius 1 is 1.47 bits per heavy atom. The first-order valence-corrected chi connectivity index (χ1v) is 7.48. The number of alkyl halides is 1. The average Bonchev–Trinajstić information content (AvgIpc) is 3.02. The molecule has 2 aliphatic rings. The molecule has 0 aromatic carbocycles. The van der Waals surface area contributed by atoms with Gasteiger partial charge in [-0.15, -0.1) is 4.37 Å². The molecule has 3 unspecified atom stereocenters. The number of fused-ring (bicyclic) bond motifs is 2. The highest BCUT2D eigenvalue weighted by Crippen LogP contribution is 2.34. The molecular formula is C10H14FN3OS2. The van der Waals surface area contributed by atoms with E-state index in [1.165, 1.54) is 24.7 Å². The van der Waals surface area contributed by atoms with Crippen LogP contribution in [0.2, 0.25) is 0 Å². The zero-order valence-electron chi connectivity index (χ0n) is 9.34. The number of halogens is 1. The lowest BCUT2D eigenvalue weighted by Crippen LogP contribution is -2.32. The maximum Gasteiger partial charge on any atom is 0.260 e. The van der Waals surface area contributed by atoms with E-state index in [4.69, 9.17) is 4.74 Å². The van der Waals surface area contributed by atoms with E-state index in [1.807, 2.05) is 0 Å². The highest BCUT2D eigenvalue weighted by molar-refractivity contribution is 7.99. The molecule has 3 rings (SSSR count). The molecule has 0 radical (unpaired) electrons. The van der Waals surface area contributed by atoms with Gasteiger partial charge in [0.2, 0.25) is 0 Å². The topological polar surface area (TPSA) is 38.3 Å². The summed E-state index contributed by atoms with van der Waals surface area (Å²) in [6, 6.07) is 0. The van der Waals surface area contributed by atoms with Gasteiger partial charge < -0.3 is 4.74 Å². The summed E-state index contributed by atoms with van der Waals surface area (Å²) >= 11 is 2.52. The molecule has 0 saturated carbocycles. The molecule has 2 bridgehead atoms. The lowest BCUT2D eigenvalue weighted by atomic mass is 10.0. The summed E-state index contributed by atoms with van der Waals surface area (Å²) in [6.45, 7) is 3.00. The summed E-state index contributed by atoms with van der Waals surface area (Å²) in [5.41, 5.74) is 0. The van der Waals surface area contributed by atoms with Crippen LogP contribution in [-0.4, -0.2) is 51.8 Å². The SMILES string of the molecule is FCCSc1nsnc1OC1CN2CCC1C2. The zero-order valence-corrected chi connectivity index (χ0v) is 11.0. The molecule has 3 heterocycles. The van der Waals surface area contributed by atoms with E-state index in [-0.39, 0.29) is 12.8 Å². The molecule has 0 amide bonds. The largest absolute Gasteiger partial charge is 0.470 e. The number of rotatable bonds is 5. The minimum absolute atomic E-state index is 0.248. The molecule has 2 fully saturated rings. The van der Waals surface area contributed by atoms with Gasteiger partial charge in [0.05, 0.1) is 18.4 Å². The fourth-order valence-corrected chi connectivity index (χ4v) is 3.73. The maximum absolute atomic E-state index is 12.1. The Morgan fingerprint density at radius 3 is 3.12 bits per heavy atom.